The third kappa shape index (κ3) is 7.73. The van der Waals surface area contributed by atoms with Crippen molar-refractivity contribution < 1.29 is 52.4 Å². The van der Waals surface area contributed by atoms with Gasteiger partial charge in [-0.2, -0.15) is 0 Å². The van der Waals surface area contributed by atoms with Gasteiger partial charge >= 0.3 is 29.8 Å². The molecule has 11 nitrogen and oxygen atoms in total. The molecule has 5 aromatic carbocycles. The number of carbonyl (C=O) groups is 5. The molecule has 0 N–H and O–H groups in total. The van der Waals surface area contributed by atoms with Crippen LogP contribution >= 0.6 is 0 Å². The second-order valence-corrected chi connectivity index (χ2v) is 11.6. The molecule has 0 unspecified atom stereocenters. The van der Waals surface area contributed by atoms with Gasteiger partial charge in [0.05, 0.1) is 24.3 Å². The predicted molar refractivity (Wildman–Crippen MR) is 184 cm³/mol. The highest BCUT2D eigenvalue weighted by molar-refractivity contribution is 6.19. The average Bonchev–Trinajstić information content (AvgIpc) is 3.09. The monoisotopic (exact) mass is 688 g/mol. The fourth-order valence-corrected chi connectivity index (χ4v) is 5.79. The Morgan fingerprint density at radius 2 is 1.12 bits per heavy atom. The Balaban J connectivity index is 1.54. The molecule has 1 heterocycles. The molecule has 1 aliphatic rings. The summed E-state index contributed by atoms with van der Waals surface area (Å²) < 4.78 is 34.0. The molecule has 0 atom stereocenters. The van der Waals surface area contributed by atoms with Crippen molar-refractivity contribution in [2.24, 2.45) is 0 Å². The Bertz CT molecular complexity index is 2170. The topological polar surface area (TPSA) is 141 Å². The third-order valence-corrected chi connectivity index (χ3v) is 7.87. The zero-order valence-corrected chi connectivity index (χ0v) is 28.0. The average molecular weight is 689 g/mol. The van der Waals surface area contributed by atoms with E-state index in [1.54, 1.807) is 6.07 Å². The molecule has 0 bridgehead atoms. The third-order valence-electron chi connectivity index (χ3n) is 7.87. The number of carbonyl (C=O) groups excluding carboxylic acids is 5. The molecular formula is C40H32O11. The summed E-state index contributed by atoms with van der Waals surface area (Å²) >= 11 is 0. The first-order chi connectivity index (χ1) is 24.6. The van der Waals surface area contributed by atoms with Gasteiger partial charge < -0.3 is 28.4 Å². The van der Waals surface area contributed by atoms with Crippen LogP contribution in [-0.4, -0.2) is 43.1 Å². The van der Waals surface area contributed by atoms with E-state index in [1.807, 2.05) is 60.7 Å². The van der Waals surface area contributed by atoms with Crippen molar-refractivity contribution in [2.75, 3.05) is 13.2 Å². The second-order valence-electron chi connectivity index (χ2n) is 11.6. The highest BCUT2D eigenvalue weighted by Gasteiger charge is 2.35. The molecule has 0 spiro atoms. The first-order valence-corrected chi connectivity index (χ1v) is 16.1. The Morgan fingerprint density at radius 1 is 0.588 bits per heavy atom. The van der Waals surface area contributed by atoms with Gasteiger partial charge in [-0.3, -0.25) is 14.4 Å². The number of hydrogen-bond donors (Lipinski definition) is 0. The van der Waals surface area contributed by atoms with Crippen LogP contribution < -0.4 is 18.9 Å². The van der Waals surface area contributed by atoms with Gasteiger partial charge in [0.15, 0.2) is 23.0 Å². The molecule has 0 fully saturated rings. The standard InChI is InChI=1S/C40H32O11/c1-23(41)48-31-15-14-28-20-30(39(44)46-18-16-26-10-6-4-7-11-26)37(40(45)47-19-17-27-12-8-5-9-13-27)36-29-21-33(49-24(2)42)34(50-25(3)43)22-32(29)51-38(31)35(28)36/h4-15,20-22H,16-19H2,1-3H3. The van der Waals surface area contributed by atoms with E-state index in [9.17, 15) is 24.0 Å². The van der Waals surface area contributed by atoms with Crippen molar-refractivity contribution in [1.82, 2.24) is 0 Å². The lowest BCUT2D eigenvalue weighted by molar-refractivity contribution is -0.134. The van der Waals surface area contributed by atoms with Crippen LogP contribution in [-0.2, 0) is 36.7 Å². The highest BCUT2D eigenvalue weighted by Crippen LogP contribution is 2.55. The molecule has 51 heavy (non-hydrogen) atoms. The smallest absolute Gasteiger partial charge is 0.339 e. The van der Waals surface area contributed by atoms with Crippen molar-refractivity contribution in [2.45, 2.75) is 33.6 Å². The van der Waals surface area contributed by atoms with Crippen LogP contribution in [0.25, 0.3) is 21.9 Å². The van der Waals surface area contributed by atoms with E-state index in [-0.39, 0.29) is 64.2 Å². The highest BCUT2D eigenvalue weighted by atomic mass is 16.6. The lowest BCUT2D eigenvalue weighted by atomic mass is 9.87. The molecule has 0 aliphatic carbocycles. The van der Waals surface area contributed by atoms with E-state index in [1.165, 1.54) is 45.0 Å². The van der Waals surface area contributed by atoms with Crippen molar-refractivity contribution in [3.63, 3.8) is 0 Å². The Labute approximate surface area is 292 Å². The largest absolute Gasteiger partial charge is 0.462 e. The maximum Gasteiger partial charge on any atom is 0.339 e. The fourth-order valence-electron chi connectivity index (χ4n) is 5.79. The number of rotatable bonds is 11. The lowest BCUT2D eigenvalue weighted by Gasteiger charge is -2.26. The summed E-state index contributed by atoms with van der Waals surface area (Å²) in [6.45, 7) is 3.58. The Hall–Kier alpha value is -6.49. The Morgan fingerprint density at radius 3 is 1.69 bits per heavy atom. The molecule has 6 rings (SSSR count). The van der Waals surface area contributed by atoms with Gasteiger partial charge in [0, 0.05) is 56.2 Å². The molecule has 0 aromatic heterocycles. The first kappa shape index (κ1) is 34.4. The van der Waals surface area contributed by atoms with Crippen LogP contribution in [0.5, 0.6) is 28.7 Å². The van der Waals surface area contributed by atoms with E-state index in [0.29, 0.717) is 23.6 Å². The van der Waals surface area contributed by atoms with Crippen LogP contribution in [0.2, 0.25) is 0 Å². The zero-order valence-electron chi connectivity index (χ0n) is 28.0. The van der Waals surface area contributed by atoms with E-state index < -0.39 is 29.8 Å². The quantitative estimate of drug-likeness (QED) is 0.101. The van der Waals surface area contributed by atoms with Gasteiger partial charge in [0.1, 0.15) is 5.75 Å². The normalized spacial score (nSPS) is 11.1. The van der Waals surface area contributed by atoms with Crippen LogP contribution in [0.3, 0.4) is 0 Å². The lowest BCUT2D eigenvalue weighted by Crippen LogP contribution is -2.19. The minimum absolute atomic E-state index is 0.0173. The van der Waals surface area contributed by atoms with Gasteiger partial charge in [-0.05, 0) is 34.7 Å². The molecule has 0 amide bonds. The minimum atomic E-state index is -0.840. The van der Waals surface area contributed by atoms with E-state index >= 15 is 0 Å². The summed E-state index contributed by atoms with van der Waals surface area (Å²) in [4.78, 5) is 64.5. The summed E-state index contributed by atoms with van der Waals surface area (Å²) in [5, 5.41) is 0.751. The number of benzene rings is 5. The van der Waals surface area contributed by atoms with Crippen LogP contribution in [0, 0.1) is 0 Å². The van der Waals surface area contributed by atoms with Gasteiger partial charge in [-0.25, -0.2) is 9.59 Å². The minimum Gasteiger partial charge on any atom is -0.462 e. The number of fused-ring (bicyclic) bond motifs is 2. The fraction of sp³-hybridized carbons (Fsp3) is 0.175. The molecule has 258 valence electrons. The molecule has 0 saturated heterocycles. The van der Waals surface area contributed by atoms with Gasteiger partial charge in [0.2, 0.25) is 0 Å². The summed E-state index contributed by atoms with van der Waals surface area (Å²) in [7, 11) is 0. The molecule has 0 radical (unpaired) electrons. The number of esters is 5. The van der Waals surface area contributed by atoms with Gasteiger partial charge in [-0.15, -0.1) is 0 Å². The summed E-state index contributed by atoms with van der Waals surface area (Å²) in [5.74, 6) is -3.83. The number of hydrogen-bond acceptors (Lipinski definition) is 11. The van der Waals surface area contributed by atoms with Crippen LogP contribution in [0.4, 0.5) is 0 Å². The van der Waals surface area contributed by atoms with Crippen molar-refractivity contribution in [1.29, 1.82) is 0 Å². The summed E-state index contributed by atoms with van der Waals surface area (Å²) in [5.41, 5.74) is 2.01. The van der Waals surface area contributed by atoms with E-state index in [0.717, 1.165) is 11.1 Å². The number of ether oxygens (including phenoxy) is 6. The molecule has 0 saturated carbocycles. The van der Waals surface area contributed by atoms with Gasteiger partial charge in [0.25, 0.3) is 0 Å². The van der Waals surface area contributed by atoms with E-state index in [4.69, 9.17) is 28.4 Å². The van der Waals surface area contributed by atoms with E-state index in [2.05, 4.69) is 0 Å². The molecule has 5 aromatic rings. The molecule has 1 aliphatic heterocycles. The Kier molecular flexibility index (Phi) is 10.1. The van der Waals surface area contributed by atoms with Crippen molar-refractivity contribution >= 4 is 40.6 Å². The zero-order chi connectivity index (χ0) is 36.1. The maximum atomic E-state index is 14.3. The van der Waals surface area contributed by atoms with Gasteiger partial charge in [-0.1, -0.05) is 66.7 Å². The molecule has 11 heteroatoms. The van der Waals surface area contributed by atoms with Crippen molar-refractivity contribution in [3.8, 4) is 39.9 Å². The summed E-state index contributed by atoms with van der Waals surface area (Å²) in [6, 6.07) is 26.2. The van der Waals surface area contributed by atoms with Crippen LogP contribution in [0.15, 0.2) is 91.0 Å². The molecular weight excluding hydrogens is 656 g/mol. The SMILES string of the molecule is CC(=O)Oc1cc2c(cc1OC(C)=O)-c1c(C(=O)OCCc3ccccc3)c(C(=O)OCCc3ccccc3)cc3ccc(OC(C)=O)c(c13)O2. The maximum absolute atomic E-state index is 14.3. The van der Waals surface area contributed by atoms with Crippen molar-refractivity contribution in [3.05, 3.63) is 113 Å². The first-order valence-electron chi connectivity index (χ1n) is 16.1. The predicted octanol–water partition coefficient (Wildman–Crippen LogP) is 7.19. The second kappa shape index (κ2) is 15.0. The summed E-state index contributed by atoms with van der Waals surface area (Å²) in [6.07, 6.45) is 0.831. The van der Waals surface area contributed by atoms with Crippen LogP contribution in [0.1, 0.15) is 52.6 Å².